The van der Waals surface area contributed by atoms with Crippen LogP contribution >= 0.6 is 11.6 Å². The Labute approximate surface area is 139 Å². The highest BCUT2D eigenvalue weighted by molar-refractivity contribution is 6.30. The molecular formula is C16H11ClF4O3. The van der Waals surface area contributed by atoms with Crippen molar-refractivity contribution in [1.82, 2.24) is 0 Å². The van der Waals surface area contributed by atoms with Gasteiger partial charge in [-0.3, -0.25) is 0 Å². The lowest BCUT2D eigenvalue weighted by molar-refractivity contribution is -0.143. The average molecular weight is 363 g/mol. The van der Waals surface area contributed by atoms with Gasteiger partial charge in [-0.05, 0) is 36.4 Å². The topological polar surface area (TPSA) is 35.5 Å². The largest absolute Gasteiger partial charge is 0.481 e. The van der Waals surface area contributed by atoms with Gasteiger partial charge in [-0.15, -0.1) is 0 Å². The van der Waals surface area contributed by atoms with E-state index in [1.807, 2.05) is 0 Å². The average Bonchev–Trinajstić information content (AvgIpc) is 2.51. The summed E-state index contributed by atoms with van der Waals surface area (Å²) in [6, 6.07) is 6.10. The van der Waals surface area contributed by atoms with Crippen molar-refractivity contribution < 1.29 is 31.8 Å². The normalized spacial score (nSPS) is 11.2. The molecule has 0 heterocycles. The molecule has 2 rings (SSSR count). The van der Waals surface area contributed by atoms with Gasteiger partial charge in [0.05, 0.1) is 12.7 Å². The molecule has 2 aromatic rings. The third-order valence-electron chi connectivity index (χ3n) is 3.10. The molecule has 0 aliphatic rings. The molecule has 3 nitrogen and oxygen atoms in total. The predicted octanol–water partition coefficient (Wildman–Crippen LogP) is 4.72. The number of benzene rings is 2. The fourth-order valence-corrected chi connectivity index (χ4v) is 2.10. The van der Waals surface area contributed by atoms with E-state index in [1.54, 1.807) is 0 Å². The molecule has 0 unspecified atom stereocenters. The quantitative estimate of drug-likeness (QED) is 0.583. The van der Waals surface area contributed by atoms with Crippen LogP contribution in [0.1, 0.15) is 5.56 Å². The van der Waals surface area contributed by atoms with E-state index in [2.05, 4.69) is 4.74 Å². The molecule has 0 bridgehead atoms. The van der Waals surface area contributed by atoms with Crippen molar-refractivity contribution in [2.24, 2.45) is 0 Å². The number of alkyl halides is 3. The van der Waals surface area contributed by atoms with Crippen molar-refractivity contribution in [3.63, 3.8) is 0 Å². The summed E-state index contributed by atoms with van der Waals surface area (Å²) in [6.07, 6.45) is -4.61. The minimum atomic E-state index is -4.61. The van der Waals surface area contributed by atoms with Crippen molar-refractivity contribution in [3.8, 4) is 16.9 Å². The summed E-state index contributed by atoms with van der Waals surface area (Å²) in [5, 5.41) is 0.0975. The van der Waals surface area contributed by atoms with Gasteiger partial charge in [0.15, 0.2) is 6.61 Å². The Hall–Kier alpha value is -2.28. The molecule has 0 fully saturated rings. The summed E-state index contributed by atoms with van der Waals surface area (Å²) in [4.78, 5) is 11.2. The lowest BCUT2D eigenvalue weighted by Gasteiger charge is -2.15. The summed E-state index contributed by atoms with van der Waals surface area (Å²) in [5.41, 5.74) is -1.26. The van der Waals surface area contributed by atoms with Crippen LogP contribution in [0.2, 0.25) is 5.02 Å². The molecule has 128 valence electrons. The van der Waals surface area contributed by atoms with E-state index < -0.39 is 30.1 Å². The second-order valence-corrected chi connectivity index (χ2v) is 5.13. The second-order valence-electron chi connectivity index (χ2n) is 4.70. The van der Waals surface area contributed by atoms with Crippen molar-refractivity contribution in [2.75, 3.05) is 13.7 Å². The number of esters is 1. The number of ether oxygens (including phenoxy) is 2. The molecule has 0 aliphatic heterocycles. The molecule has 0 radical (unpaired) electrons. The van der Waals surface area contributed by atoms with Crippen LogP contribution < -0.4 is 4.74 Å². The van der Waals surface area contributed by atoms with Gasteiger partial charge in [-0.2, -0.15) is 13.2 Å². The maximum absolute atomic E-state index is 14.1. The monoisotopic (exact) mass is 362 g/mol. The van der Waals surface area contributed by atoms with E-state index >= 15 is 0 Å². The maximum atomic E-state index is 14.1. The Bertz CT molecular complexity index is 759. The maximum Gasteiger partial charge on any atom is 0.416 e. The molecule has 24 heavy (non-hydrogen) atoms. The van der Waals surface area contributed by atoms with E-state index in [1.165, 1.54) is 12.1 Å². The van der Waals surface area contributed by atoms with E-state index in [9.17, 15) is 22.4 Å². The zero-order valence-electron chi connectivity index (χ0n) is 12.3. The Morgan fingerprint density at radius 1 is 1.12 bits per heavy atom. The number of carbonyl (C=O) groups is 1. The van der Waals surface area contributed by atoms with Gasteiger partial charge in [-0.1, -0.05) is 11.6 Å². The Kier molecular flexibility index (Phi) is 5.33. The van der Waals surface area contributed by atoms with Crippen LogP contribution in [-0.2, 0) is 15.7 Å². The van der Waals surface area contributed by atoms with E-state index in [-0.39, 0.29) is 21.9 Å². The predicted molar refractivity (Wildman–Crippen MR) is 79.4 cm³/mol. The smallest absolute Gasteiger partial charge is 0.416 e. The van der Waals surface area contributed by atoms with Gasteiger partial charge in [0.25, 0.3) is 0 Å². The number of carbonyl (C=O) groups excluding carboxylic acids is 1. The summed E-state index contributed by atoms with van der Waals surface area (Å²) in [5.74, 6) is -1.63. The fourth-order valence-electron chi connectivity index (χ4n) is 1.95. The second kappa shape index (κ2) is 7.09. The van der Waals surface area contributed by atoms with Crippen LogP contribution in [-0.4, -0.2) is 19.7 Å². The van der Waals surface area contributed by atoms with Crippen LogP contribution in [0.5, 0.6) is 5.75 Å². The van der Waals surface area contributed by atoms with Gasteiger partial charge in [0.2, 0.25) is 0 Å². The first-order valence-electron chi connectivity index (χ1n) is 6.58. The number of rotatable bonds is 4. The fraction of sp³-hybridized carbons (Fsp3) is 0.188. The molecule has 0 aromatic heterocycles. The summed E-state index contributed by atoms with van der Waals surface area (Å²) >= 11 is 5.66. The molecule has 0 atom stereocenters. The zero-order valence-corrected chi connectivity index (χ0v) is 13.0. The van der Waals surface area contributed by atoms with Gasteiger partial charge in [0, 0.05) is 16.1 Å². The summed E-state index contributed by atoms with van der Waals surface area (Å²) in [7, 11) is 1.14. The minimum absolute atomic E-state index is 0.0883. The van der Waals surface area contributed by atoms with Crippen molar-refractivity contribution in [1.29, 1.82) is 0 Å². The van der Waals surface area contributed by atoms with Crippen molar-refractivity contribution >= 4 is 17.6 Å². The number of methoxy groups -OCH3 is 1. The van der Waals surface area contributed by atoms with Gasteiger partial charge in [-0.25, -0.2) is 9.18 Å². The van der Waals surface area contributed by atoms with E-state index in [0.717, 1.165) is 31.4 Å². The molecule has 0 spiro atoms. The van der Waals surface area contributed by atoms with E-state index in [0.29, 0.717) is 0 Å². The van der Waals surface area contributed by atoms with Crippen LogP contribution in [0.4, 0.5) is 17.6 Å². The number of halogens is 5. The number of hydrogen-bond donors (Lipinski definition) is 0. The summed E-state index contributed by atoms with van der Waals surface area (Å²) in [6.45, 7) is -0.524. The number of hydrogen-bond acceptors (Lipinski definition) is 3. The minimum Gasteiger partial charge on any atom is -0.481 e. The Morgan fingerprint density at radius 3 is 2.42 bits per heavy atom. The molecule has 0 saturated heterocycles. The van der Waals surface area contributed by atoms with Gasteiger partial charge in [0.1, 0.15) is 11.6 Å². The third-order valence-corrected chi connectivity index (χ3v) is 3.34. The molecule has 8 heteroatoms. The molecular weight excluding hydrogens is 352 g/mol. The first-order chi connectivity index (χ1) is 11.2. The van der Waals surface area contributed by atoms with Crippen LogP contribution in [0, 0.1) is 5.82 Å². The first kappa shape index (κ1) is 18.1. The molecule has 0 N–H and O–H groups in total. The lowest BCUT2D eigenvalue weighted by Crippen LogP contribution is -2.13. The SMILES string of the molecule is COC(=O)COc1ccc(C(F)(F)F)cc1-c1ccc(Cl)cc1F. The third kappa shape index (κ3) is 4.17. The highest BCUT2D eigenvalue weighted by atomic mass is 35.5. The lowest BCUT2D eigenvalue weighted by atomic mass is 10.0. The Balaban J connectivity index is 2.53. The highest BCUT2D eigenvalue weighted by Crippen LogP contribution is 2.38. The summed E-state index contributed by atoms with van der Waals surface area (Å²) < 4.78 is 62.4. The van der Waals surface area contributed by atoms with Crippen LogP contribution in [0.3, 0.4) is 0 Å². The van der Waals surface area contributed by atoms with Crippen molar-refractivity contribution in [2.45, 2.75) is 6.18 Å². The first-order valence-corrected chi connectivity index (χ1v) is 6.96. The highest BCUT2D eigenvalue weighted by Gasteiger charge is 2.31. The van der Waals surface area contributed by atoms with Crippen molar-refractivity contribution in [3.05, 3.63) is 52.8 Å². The molecule has 0 saturated carbocycles. The van der Waals surface area contributed by atoms with Crippen LogP contribution in [0.25, 0.3) is 11.1 Å². The van der Waals surface area contributed by atoms with Gasteiger partial charge >= 0.3 is 12.1 Å². The van der Waals surface area contributed by atoms with Crippen LogP contribution in [0.15, 0.2) is 36.4 Å². The molecule has 0 amide bonds. The standard InChI is InChI=1S/C16H11ClF4O3/c1-23-15(22)8-24-14-5-2-9(16(19,20)21)6-12(14)11-4-3-10(17)7-13(11)18/h2-7H,8H2,1H3. The zero-order chi connectivity index (χ0) is 17.9. The van der Waals surface area contributed by atoms with E-state index in [4.69, 9.17) is 16.3 Å². The molecule has 2 aromatic carbocycles. The molecule has 0 aliphatic carbocycles. The Morgan fingerprint density at radius 2 is 1.83 bits per heavy atom. The van der Waals surface area contributed by atoms with Gasteiger partial charge < -0.3 is 9.47 Å².